The molecular formula is C18H27N5. The number of hydrogen-bond donors (Lipinski definition) is 0. The van der Waals surface area contributed by atoms with Crippen LogP contribution in [0.4, 0.5) is 0 Å². The first-order chi connectivity index (χ1) is 10.9. The van der Waals surface area contributed by atoms with E-state index < -0.39 is 0 Å². The second-order valence-electron chi connectivity index (χ2n) is 7.37. The highest BCUT2D eigenvalue weighted by Crippen LogP contribution is 2.30. The summed E-state index contributed by atoms with van der Waals surface area (Å²) in [5.41, 5.74) is 4.42. The normalized spacial score (nSPS) is 17.6. The number of allylic oxidation sites excluding steroid dienone is 1. The van der Waals surface area contributed by atoms with E-state index in [0.717, 1.165) is 36.7 Å². The molecule has 1 aromatic heterocycles. The van der Waals surface area contributed by atoms with Gasteiger partial charge in [-0.05, 0) is 17.9 Å². The minimum atomic E-state index is 0.624. The molecule has 0 amide bonds. The molecule has 3 heterocycles. The molecule has 0 N–H and O–H groups in total. The van der Waals surface area contributed by atoms with Gasteiger partial charge in [0.15, 0.2) is 0 Å². The molecular weight excluding hydrogens is 286 g/mol. The Morgan fingerprint density at radius 3 is 2.48 bits per heavy atom. The highest BCUT2D eigenvalue weighted by atomic mass is 15.3. The summed E-state index contributed by atoms with van der Waals surface area (Å²) in [4.78, 5) is 9.70. The third-order valence-electron chi connectivity index (χ3n) is 3.96. The van der Waals surface area contributed by atoms with Crippen LogP contribution in [-0.2, 0) is 7.05 Å². The zero-order valence-electron chi connectivity index (χ0n) is 14.8. The lowest BCUT2D eigenvalue weighted by Gasteiger charge is -2.38. The van der Waals surface area contributed by atoms with Crippen molar-refractivity contribution in [2.24, 2.45) is 23.9 Å². The van der Waals surface area contributed by atoms with E-state index in [2.05, 4.69) is 54.9 Å². The minimum absolute atomic E-state index is 0.624. The Balaban J connectivity index is 1.91. The highest BCUT2D eigenvalue weighted by Gasteiger charge is 2.27. The van der Waals surface area contributed by atoms with Crippen molar-refractivity contribution in [3.05, 3.63) is 41.6 Å². The molecule has 23 heavy (non-hydrogen) atoms. The second-order valence-corrected chi connectivity index (χ2v) is 7.37. The third-order valence-corrected chi connectivity index (χ3v) is 3.96. The molecule has 0 aromatic carbocycles. The average molecular weight is 313 g/mol. The van der Waals surface area contributed by atoms with E-state index in [4.69, 9.17) is 4.99 Å². The van der Waals surface area contributed by atoms with Crippen LogP contribution in [-0.4, -0.2) is 45.1 Å². The van der Waals surface area contributed by atoms with Gasteiger partial charge >= 0.3 is 0 Å². The molecule has 0 aliphatic carbocycles. The fourth-order valence-corrected chi connectivity index (χ4v) is 3.16. The van der Waals surface area contributed by atoms with E-state index in [0.29, 0.717) is 11.8 Å². The van der Waals surface area contributed by atoms with Crippen LogP contribution in [0.5, 0.6) is 0 Å². The minimum Gasteiger partial charge on any atom is -0.358 e. The van der Waals surface area contributed by atoms with E-state index in [1.165, 1.54) is 5.70 Å². The van der Waals surface area contributed by atoms with Crippen molar-refractivity contribution in [2.75, 3.05) is 19.8 Å². The van der Waals surface area contributed by atoms with E-state index in [-0.39, 0.29) is 0 Å². The van der Waals surface area contributed by atoms with Crippen LogP contribution in [0.1, 0.15) is 33.3 Å². The van der Waals surface area contributed by atoms with Crippen LogP contribution in [0.15, 0.2) is 41.1 Å². The van der Waals surface area contributed by atoms with E-state index in [9.17, 15) is 0 Å². The number of aliphatic imine (C=N–C) groups is 1. The van der Waals surface area contributed by atoms with E-state index in [1.807, 2.05) is 24.1 Å². The third kappa shape index (κ3) is 3.49. The summed E-state index contributed by atoms with van der Waals surface area (Å²) in [6, 6.07) is 0. The molecule has 5 heteroatoms. The summed E-state index contributed by atoms with van der Waals surface area (Å²) in [5, 5.41) is 4.26. The van der Waals surface area contributed by atoms with Crippen LogP contribution >= 0.6 is 0 Å². The van der Waals surface area contributed by atoms with Gasteiger partial charge in [0.05, 0.1) is 24.3 Å². The Morgan fingerprint density at radius 2 is 1.87 bits per heavy atom. The van der Waals surface area contributed by atoms with Gasteiger partial charge in [0.1, 0.15) is 5.70 Å². The lowest BCUT2D eigenvalue weighted by molar-refractivity contribution is 0.170. The molecule has 3 rings (SSSR count). The first-order valence-corrected chi connectivity index (χ1v) is 8.43. The molecule has 0 unspecified atom stereocenters. The zero-order valence-corrected chi connectivity index (χ0v) is 14.8. The van der Waals surface area contributed by atoms with Crippen molar-refractivity contribution >= 4 is 5.71 Å². The first kappa shape index (κ1) is 15.8. The summed E-state index contributed by atoms with van der Waals surface area (Å²) in [6.07, 6.45) is 8.32. The quantitative estimate of drug-likeness (QED) is 0.839. The lowest BCUT2D eigenvalue weighted by atomic mass is 10.1. The summed E-state index contributed by atoms with van der Waals surface area (Å²) in [7, 11) is 1.94. The molecule has 0 spiro atoms. The molecule has 0 radical (unpaired) electrons. The van der Waals surface area contributed by atoms with E-state index in [1.54, 1.807) is 0 Å². The van der Waals surface area contributed by atoms with Crippen LogP contribution in [0, 0.1) is 11.8 Å². The summed E-state index contributed by atoms with van der Waals surface area (Å²) >= 11 is 0. The van der Waals surface area contributed by atoms with Crippen molar-refractivity contribution < 1.29 is 0 Å². The summed E-state index contributed by atoms with van der Waals surface area (Å²) < 4.78 is 1.82. The first-order valence-electron chi connectivity index (χ1n) is 8.43. The Hall–Kier alpha value is -2.04. The highest BCUT2D eigenvalue weighted by molar-refractivity contribution is 6.11. The van der Waals surface area contributed by atoms with Crippen molar-refractivity contribution in [1.29, 1.82) is 0 Å². The van der Waals surface area contributed by atoms with Gasteiger partial charge in [-0.15, -0.1) is 0 Å². The van der Waals surface area contributed by atoms with Crippen molar-refractivity contribution in [3.63, 3.8) is 0 Å². The van der Waals surface area contributed by atoms with Gasteiger partial charge in [-0.25, -0.2) is 4.99 Å². The smallest absolute Gasteiger partial charge is 0.103 e. The van der Waals surface area contributed by atoms with Crippen LogP contribution in [0.3, 0.4) is 0 Å². The fourth-order valence-electron chi connectivity index (χ4n) is 3.16. The number of hydrogen-bond acceptors (Lipinski definition) is 4. The number of nitrogens with zero attached hydrogens (tertiary/aromatic N) is 5. The number of aryl methyl sites for hydroxylation is 1. The Kier molecular flexibility index (Phi) is 4.28. The number of rotatable bonds is 5. The molecule has 1 aromatic rings. The maximum absolute atomic E-state index is 4.86. The molecule has 0 fully saturated rings. The molecule has 0 saturated carbocycles. The lowest BCUT2D eigenvalue weighted by Crippen LogP contribution is -2.41. The Labute approximate surface area is 139 Å². The number of fused-ring (bicyclic) bond motifs is 1. The standard InChI is InChI=1S/C18H27N5/c1-13(2)8-22-11-17-18(23(12-22)9-14(3)4)6-16(20-17)15-7-19-21(5)10-15/h6-7,10-11,13-14H,8-9,12H2,1-5H3. The van der Waals surface area contributed by atoms with Gasteiger partial charge in [0.2, 0.25) is 0 Å². The molecule has 0 bridgehead atoms. The largest absolute Gasteiger partial charge is 0.358 e. The molecule has 5 nitrogen and oxygen atoms in total. The Morgan fingerprint density at radius 1 is 1.13 bits per heavy atom. The van der Waals surface area contributed by atoms with Gasteiger partial charge in [0.25, 0.3) is 0 Å². The summed E-state index contributed by atoms with van der Waals surface area (Å²) in [6.45, 7) is 12.1. The van der Waals surface area contributed by atoms with Crippen LogP contribution in [0.25, 0.3) is 0 Å². The van der Waals surface area contributed by atoms with Crippen LogP contribution < -0.4 is 0 Å². The van der Waals surface area contributed by atoms with Gasteiger partial charge in [-0.3, -0.25) is 4.68 Å². The van der Waals surface area contributed by atoms with Gasteiger partial charge < -0.3 is 9.80 Å². The maximum atomic E-state index is 4.86. The number of aromatic nitrogens is 2. The Bertz CT molecular complexity index is 663. The molecule has 124 valence electrons. The molecule has 0 atom stereocenters. The van der Waals surface area contributed by atoms with Gasteiger partial charge in [-0.2, -0.15) is 5.10 Å². The predicted molar refractivity (Wildman–Crippen MR) is 93.9 cm³/mol. The van der Waals surface area contributed by atoms with E-state index >= 15 is 0 Å². The van der Waals surface area contributed by atoms with Crippen LogP contribution in [0.2, 0.25) is 0 Å². The monoisotopic (exact) mass is 313 g/mol. The topological polar surface area (TPSA) is 36.7 Å². The molecule has 2 aliphatic heterocycles. The molecule has 0 saturated heterocycles. The maximum Gasteiger partial charge on any atom is 0.103 e. The van der Waals surface area contributed by atoms with Crippen molar-refractivity contribution in [2.45, 2.75) is 27.7 Å². The fraction of sp³-hybridized carbons (Fsp3) is 0.556. The van der Waals surface area contributed by atoms with Gasteiger partial charge in [-0.1, -0.05) is 27.7 Å². The SMILES string of the molecule is CC(C)CN1C=C2N=C(c3cnn(C)c3)C=C2N(CC(C)C)C1. The average Bonchev–Trinajstić information content (AvgIpc) is 3.03. The predicted octanol–water partition coefficient (Wildman–Crippen LogP) is 2.84. The molecule has 2 aliphatic rings. The van der Waals surface area contributed by atoms with Gasteiger partial charge in [0, 0.05) is 38.1 Å². The zero-order chi connectivity index (χ0) is 16.6. The summed E-state index contributed by atoms with van der Waals surface area (Å²) in [5.74, 6) is 1.26. The van der Waals surface area contributed by atoms with Crippen molar-refractivity contribution in [1.82, 2.24) is 19.6 Å². The second kappa shape index (κ2) is 6.22. The van der Waals surface area contributed by atoms with Crippen molar-refractivity contribution in [3.8, 4) is 0 Å².